The van der Waals surface area contributed by atoms with Crippen molar-refractivity contribution in [3.8, 4) is 0 Å². The average Bonchev–Trinajstić information content (AvgIpc) is 3.49. The first-order valence-corrected chi connectivity index (χ1v) is 12.4. The van der Waals surface area contributed by atoms with Gasteiger partial charge in [0.15, 0.2) is 0 Å². The molecule has 0 aliphatic carbocycles. The van der Waals surface area contributed by atoms with Gasteiger partial charge in [-0.25, -0.2) is 19.3 Å². The molecule has 2 aliphatic heterocycles. The van der Waals surface area contributed by atoms with E-state index >= 15 is 0 Å². The van der Waals surface area contributed by atoms with Crippen molar-refractivity contribution in [2.45, 2.75) is 16.6 Å². The van der Waals surface area contributed by atoms with E-state index in [2.05, 4.69) is 40.2 Å². The monoisotopic (exact) mass is 541 g/mol. The van der Waals surface area contributed by atoms with Crippen LogP contribution in [0.25, 0.3) is 0 Å². The maximum Gasteiger partial charge on any atom is 0.352 e. The molecule has 2 amide bonds. The highest BCUT2D eigenvalue weighted by Gasteiger charge is 2.54. The molecule has 2 unspecified atom stereocenters. The van der Waals surface area contributed by atoms with Gasteiger partial charge in [0.1, 0.15) is 22.6 Å². The standard InChI is InChI=1S/C16H15N9O7S3/c1-24-16(19-22-23-24)34-4-6-3-33-14-9(13(29)25(14)10(6)15(30)31)18-12(28)8(11-17-5-35-21-11)20-32-2-7(26)27/h5,9,14H,2-4H2,1H3,(H,18,28)(H,26,27)(H,30,31)/b20-8+. The van der Waals surface area contributed by atoms with Crippen molar-refractivity contribution in [2.75, 3.05) is 18.1 Å². The number of carbonyl (C=O) groups is 4. The highest BCUT2D eigenvalue weighted by atomic mass is 32.2. The number of aryl methyl sites for hydroxylation is 1. The number of nitrogens with zero attached hydrogens (tertiary/aromatic N) is 8. The average molecular weight is 542 g/mol. The smallest absolute Gasteiger partial charge is 0.352 e. The molecule has 3 N–H and O–H groups in total. The number of β-lactam (4-membered cyclic amide) rings is 1. The second kappa shape index (κ2) is 10.4. The summed E-state index contributed by atoms with van der Waals surface area (Å²) in [7, 11) is 1.65. The largest absolute Gasteiger partial charge is 0.479 e. The van der Waals surface area contributed by atoms with Gasteiger partial charge in [-0.2, -0.15) is 4.37 Å². The summed E-state index contributed by atoms with van der Waals surface area (Å²) >= 11 is 3.45. The van der Waals surface area contributed by atoms with Crippen molar-refractivity contribution in [1.29, 1.82) is 0 Å². The van der Waals surface area contributed by atoms with Gasteiger partial charge in [-0.15, -0.1) is 16.9 Å². The first kappa shape index (κ1) is 24.5. The number of rotatable bonds is 10. The van der Waals surface area contributed by atoms with E-state index in [1.54, 1.807) is 7.05 Å². The van der Waals surface area contributed by atoms with Crippen LogP contribution in [0.3, 0.4) is 0 Å². The molecule has 4 heterocycles. The van der Waals surface area contributed by atoms with E-state index in [1.165, 1.54) is 33.7 Å². The fourth-order valence-electron chi connectivity index (χ4n) is 3.11. The van der Waals surface area contributed by atoms with Crippen LogP contribution in [-0.4, -0.2) is 104 Å². The maximum atomic E-state index is 12.9. The number of aromatic nitrogens is 6. The lowest BCUT2D eigenvalue weighted by Crippen LogP contribution is -2.71. The van der Waals surface area contributed by atoms with Crippen LogP contribution < -0.4 is 5.32 Å². The molecule has 0 saturated carbocycles. The molecule has 184 valence electrons. The fraction of sp³-hybridized carbons (Fsp3) is 0.375. The molecule has 1 fully saturated rings. The zero-order chi connectivity index (χ0) is 25.1. The predicted octanol–water partition coefficient (Wildman–Crippen LogP) is -1.60. The summed E-state index contributed by atoms with van der Waals surface area (Å²) < 4.78 is 5.33. The Morgan fingerprint density at radius 3 is 2.80 bits per heavy atom. The summed E-state index contributed by atoms with van der Waals surface area (Å²) in [6, 6.07) is -1.04. The van der Waals surface area contributed by atoms with Gasteiger partial charge in [0.25, 0.3) is 11.8 Å². The molecule has 16 nitrogen and oxygen atoms in total. The first-order valence-electron chi connectivity index (χ1n) is 9.52. The number of carboxylic acid groups (broad SMARTS) is 2. The van der Waals surface area contributed by atoms with E-state index in [-0.39, 0.29) is 17.3 Å². The summed E-state index contributed by atoms with van der Waals surface area (Å²) in [6.07, 6.45) is 0. The predicted molar refractivity (Wildman–Crippen MR) is 119 cm³/mol. The minimum absolute atomic E-state index is 0.110. The molecule has 2 aliphatic rings. The van der Waals surface area contributed by atoms with Crippen LogP contribution in [0.2, 0.25) is 0 Å². The number of carbonyl (C=O) groups excluding carboxylic acids is 2. The highest BCUT2D eigenvalue weighted by Crippen LogP contribution is 2.41. The van der Waals surface area contributed by atoms with Crippen molar-refractivity contribution >= 4 is 64.5 Å². The minimum Gasteiger partial charge on any atom is -0.479 e. The topological polar surface area (TPSA) is 215 Å². The molecule has 0 aromatic carbocycles. The van der Waals surface area contributed by atoms with Crippen LogP contribution in [0.5, 0.6) is 0 Å². The Hall–Kier alpha value is -3.58. The summed E-state index contributed by atoms with van der Waals surface area (Å²) in [5.74, 6) is -3.61. The third-order valence-corrected chi connectivity index (χ3v) is 7.54. The van der Waals surface area contributed by atoms with Gasteiger partial charge in [-0.05, 0) is 27.5 Å². The molecule has 0 bridgehead atoms. The first-order chi connectivity index (χ1) is 16.8. The zero-order valence-electron chi connectivity index (χ0n) is 17.6. The van der Waals surface area contributed by atoms with E-state index < -0.39 is 47.5 Å². The molecule has 1 saturated heterocycles. The number of nitrogens with one attached hydrogen (secondary N) is 1. The number of aliphatic carboxylic acids is 2. The summed E-state index contributed by atoms with van der Waals surface area (Å²) in [6.45, 7) is -0.798. The Labute approximate surface area is 207 Å². The molecule has 2 aromatic heterocycles. The minimum atomic E-state index is -1.31. The summed E-state index contributed by atoms with van der Waals surface area (Å²) in [4.78, 5) is 58.0. The van der Waals surface area contributed by atoms with Crippen molar-refractivity contribution < 1.29 is 34.2 Å². The number of hydrogen-bond acceptors (Lipinski definition) is 14. The number of tetrazole rings is 1. The van der Waals surface area contributed by atoms with E-state index in [0.29, 0.717) is 16.5 Å². The number of hydrogen-bond donors (Lipinski definition) is 3. The lowest BCUT2D eigenvalue weighted by Gasteiger charge is -2.49. The SMILES string of the molecule is Cn1nnnc1SCC1=C(C(=O)O)N2C(=O)C(NC(=O)/C(=N/OCC(=O)O)c3ncsn3)C2SC1. The van der Waals surface area contributed by atoms with Crippen LogP contribution in [0.15, 0.2) is 27.1 Å². The van der Waals surface area contributed by atoms with Gasteiger partial charge >= 0.3 is 11.9 Å². The molecular formula is C16H15N9O7S3. The fourth-order valence-corrected chi connectivity index (χ4v) is 5.87. The third kappa shape index (κ3) is 5.10. The van der Waals surface area contributed by atoms with E-state index in [4.69, 9.17) is 5.11 Å². The Morgan fingerprint density at radius 2 is 2.17 bits per heavy atom. The van der Waals surface area contributed by atoms with Crippen LogP contribution in [0, 0.1) is 0 Å². The molecule has 19 heteroatoms. The molecule has 0 radical (unpaired) electrons. The quantitative estimate of drug-likeness (QED) is 0.134. The van der Waals surface area contributed by atoms with Gasteiger partial charge in [-0.3, -0.25) is 14.5 Å². The summed E-state index contributed by atoms with van der Waals surface area (Å²) in [5.41, 5.74) is 1.29. The molecular weight excluding hydrogens is 526 g/mol. The number of fused-ring (bicyclic) bond motifs is 1. The lowest BCUT2D eigenvalue weighted by atomic mass is 10.0. The molecule has 4 rings (SSSR count). The molecule has 2 atom stereocenters. The van der Waals surface area contributed by atoms with Gasteiger partial charge in [0.2, 0.25) is 23.3 Å². The van der Waals surface area contributed by atoms with Crippen LogP contribution in [-0.2, 0) is 31.1 Å². The van der Waals surface area contributed by atoms with Crippen molar-refractivity contribution in [1.82, 2.24) is 39.8 Å². The highest BCUT2D eigenvalue weighted by molar-refractivity contribution is 8.01. The van der Waals surface area contributed by atoms with Gasteiger partial charge in [0.05, 0.1) is 0 Å². The lowest BCUT2D eigenvalue weighted by molar-refractivity contribution is -0.150. The Kier molecular flexibility index (Phi) is 7.26. The molecule has 35 heavy (non-hydrogen) atoms. The Morgan fingerprint density at radius 1 is 1.37 bits per heavy atom. The normalized spacial score (nSPS) is 19.7. The number of carboxylic acids is 2. The second-order valence-electron chi connectivity index (χ2n) is 6.85. The molecule has 0 spiro atoms. The van der Waals surface area contributed by atoms with Crippen molar-refractivity contribution in [2.24, 2.45) is 12.2 Å². The number of oxime groups is 1. The van der Waals surface area contributed by atoms with Gasteiger partial charge < -0.3 is 20.4 Å². The van der Waals surface area contributed by atoms with Crippen molar-refractivity contribution in [3.05, 3.63) is 22.6 Å². The number of amides is 2. The zero-order valence-corrected chi connectivity index (χ0v) is 20.0. The van der Waals surface area contributed by atoms with E-state index in [9.17, 15) is 24.3 Å². The third-order valence-electron chi connectivity index (χ3n) is 4.63. The Bertz CT molecular complexity index is 1230. The maximum absolute atomic E-state index is 12.9. The summed E-state index contributed by atoms with van der Waals surface area (Å²) in [5, 5.41) is 35.4. The van der Waals surface area contributed by atoms with Crippen molar-refractivity contribution in [3.63, 3.8) is 0 Å². The second-order valence-corrected chi connectivity index (χ2v) is 9.51. The molecule has 2 aromatic rings. The van der Waals surface area contributed by atoms with Gasteiger partial charge in [-0.1, -0.05) is 16.9 Å². The van der Waals surface area contributed by atoms with Crippen LogP contribution in [0.1, 0.15) is 5.82 Å². The van der Waals surface area contributed by atoms with Crippen LogP contribution in [0.4, 0.5) is 0 Å². The van der Waals surface area contributed by atoms with E-state index in [0.717, 1.165) is 16.4 Å². The number of thioether (sulfide) groups is 2. The van der Waals surface area contributed by atoms with Crippen LogP contribution >= 0.6 is 35.1 Å². The Balaban J connectivity index is 1.48. The van der Waals surface area contributed by atoms with E-state index in [1.807, 2.05) is 0 Å². The van der Waals surface area contributed by atoms with Gasteiger partial charge in [0, 0.05) is 18.6 Å².